The number of rotatable bonds is 2. The van der Waals surface area contributed by atoms with Crippen LogP contribution in [-0.4, -0.2) is 0 Å². The topological polar surface area (TPSA) is 0 Å². The van der Waals surface area contributed by atoms with E-state index in [2.05, 4.69) is 88.4 Å². The monoisotopic (exact) mass is 324 g/mol. The molecular formula is C25H24. The van der Waals surface area contributed by atoms with Crippen molar-refractivity contribution in [1.82, 2.24) is 0 Å². The zero-order chi connectivity index (χ0) is 17.6. The first-order valence-corrected chi connectivity index (χ1v) is 9.03. The van der Waals surface area contributed by atoms with Crippen molar-refractivity contribution >= 4 is 6.08 Å². The smallest absolute Gasteiger partial charge is 0.00765 e. The molecule has 0 atom stereocenters. The maximum absolute atomic E-state index is 2.36. The largest absolute Gasteiger partial charge is 0.0795 e. The quantitative estimate of drug-likeness (QED) is 0.485. The Balaban J connectivity index is 1.94. The van der Waals surface area contributed by atoms with Gasteiger partial charge in [0, 0.05) is 0 Å². The van der Waals surface area contributed by atoms with Crippen molar-refractivity contribution in [3.05, 3.63) is 88.0 Å². The minimum absolute atomic E-state index is 1.06. The van der Waals surface area contributed by atoms with Crippen LogP contribution in [0.4, 0.5) is 0 Å². The molecule has 25 heavy (non-hydrogen) atoms. The summed E-state index contributed by atoms with van der Waals surface area (Å²) in [7, 11) is 0. The molecule has 0 nitrogen and oxygen atoms in total. The molecule has 0 heterocycles. The van der Waals surface area contributed by atoms with Crippen LogP contribution in [0.2, 0.25) is 0 Å². The van der Waals surface area contributed by atoms with Gasteiger partial charge >= 0.3 is 0 Å². The lowest BCUT2D eigenvalue weighted by atomic mass is 9.86. The molecule has 0 amide bonds. The predicted octanol–water partition coefficient (Wildman–Crippen LogP) is 6.82. The molecule has 1 aliphatic carbocycles. The van der Waals surface area contributed by atoms with Gasteiger partial charge in [0.2, 0.25) is 0 Å². The molecule has 124 valence electrons. The van der Waals surface area contributed by atoms with Gasteiger partial charge in [-0.1, -0.05) is 60.7 Å². The maximum atomic E-state index is 2.36. The summed E-state index contributed by atoms with van der Waals surface area (Å²) in [6.45, 7) is 8.96. The van der Waals surface area contributed by atoms with E-state index in [-0.39, 0.29) is 0 Å². The Morgan fingerprint density at radius 1 is 0.680 bits per heavy atom. The third kappa shape index (κ3) is 2.62. The molecule has 0 bridgehead atoms. The Bertz CT molecular complexity index is 965. The van der Waals surface area contributed by atoms with Crippen molar-refractivity contribution in [2.75, 3.05) is 0 Å². The third-order valence-corrected chi connectivity index (χ3v) is 5.48. The van der Waals surface area contributed by atoms with Crippen molar-refractivity contribution in [1.29, 1.82) is 0 Å². The van der Waals surface area contributed by atoms with Crippen LogP contribution < -0.4 is 0 Å². The van der Waals surface area contributed by atoms with E-state index in [1.54, 1.807) is 0 Å². The normalized spacial score (nSPS) is 12.5. The second-order valence-electron chi connectivity index (χ2n) is 7.22. The highest BCUT2D eigenvalue weighted by molar-refractivity contribution is 5.85. The van der Waals surface area contributed by atoms with E-state index in [1.165, 1.54) is 55.6 Å². The molecule has 0 N–H and O–H groups in total. The Hall–Kier alpha value is -2.60. The van der Waals surface area contributed by atoms with E-state index in [4.69, 9.17) is 0 Å². The molecule has 0 aromatic heterocycles. The summed E-state index contributed by atoms with van der Waals surface area (Å²) >= 11 is 0. The Morgan fingerprint density at radius 2 is 1.36 bits per heavy atom. The molecule has 1 aliphatic rings. The van der Waals surface area contributed by atoms with Crippen molar-refractivity contribution in [3.8, 4) is 22.3 Å². The first-order chi connectivity index (χ1) is 12.1. The fourth-order valence-corrected chi connectivity index (χ4v) is 4.21. The Kier molecular flexibility index (Phi) is 3.84. The zero-order valence-corrected chi connectivity index (χ0v) is 15.5. The highest BCUT2D eigenvalue weighted by atomic mass is 14.2. The van der Waals surface area contributed by atoms with Crippen LogP contribution in [0.15, 0.2) is 54.6 Å². The molecule has 0 fully saturated rings. The lowest BCUT2D eigenvalue weighted by Crippen LogP contribution is -1.97. The van der Waals surface area contributed by atoms with Crippen molar-refractivity contribution in [3.63, 3.8) is 0 Å². The summed E-state index contributed by atoms with van der Waals surface area (Å²) < 4.78 is 0. The standard InChI is InChI=1S/C25H24/c1-16-13-21-11-8-12-23(21)25(19(16)4)22-14-17(2)24(18(3)15-22)20-9-6-5-7-10-20/h5-10,12-15H,11H2,1-4H3. The molecule has 3 aromatic carbocycles. The number of aryl methyl sites for hydroxylation is 3. The highest BCUT2D eigenvalue weighted by Gasteiger charge is 2.17. The third-order valence-electron chi connectivity index (χ3n) is 5.48. The fraction of sp³-hybridized carbons (Fsp3) is 0.200. The lowest BCUT2D eigenvalue weighted by Gasteiger charge is -2.18. The molecule has 0 saturated heterocycles. The van der Waals surface area contributed by atoms with Gasteiger partial charge in [-0.05, 0) is 89.8 Å². The summed E-state index contributed by atoms with van der Waals surface area (Å²) in [6.07, 6.45) is 5.64. The van der Waals surface area contributed by atoms with Gasteiger partial charge in [0.05, 0.1) is 0 Å². The molecule has 0 radical (unpaired) electrons. The van der Waals surface area contributed by atoms with Gasteiger partial charge in [-0.15, -0.1) is 0 Å². The maximum Gasteiger partial charge on any atom is -0.00765 e. The van der Waals surface area contributed by atoms with Crippen molar-refractivity contribution in [2.45, 2.75) is 34.1 Å². The lowest BCUT2D eigenvalue weighted by molar-refractivity contribution is 1.24. The second-order valence-corrected chi connectivity index (χ2v) is 7.22. The van der Waals surface area contributed by atoms with E-state index in [0.717, 1.165) is 6.42 Å². The molecule has 0 spiro atoms. The van der Waals surface area contributed by atoms with Crippen LogP contribution >= 0.6 is 0 Å². The molecule has 3 aromatic rings. The molecular weight excluding hydrogens is 300 g/mol. The summed E-state index contributed by atoms with van der Waals surface area (Å²) in [5, 5.41) is 0. The Labute approximate surface area is 150 Å². The minimum atomic E-state index is 1.06. The van der Waals surface area contributed by atoms with Crippen molar-refractivity contribution in [2.24, 2.45) is 0 Å². The Morgan fingerprint density at radius 3 is 2.04 bits per heavy atom. The SMILES string of the molecule is Cc1cc2c(c(-c3cc(C)c(-c4ccccc4)c(C)c3)c1C)C=CC2. The first-order valence-electron chi connectivity index (χ1n) is 9.03. The second kappa shape index (κ2) is 6.04. The van der Waals surface area contributed by atoms with E-state index in [9.17, 15) is 0 Å². The van der Waals surface area contributed by atoms with Crippen LogP contribution in [0.25, 0.3) is 28.3 Å². The average molecular weight is 324 g/mol. The van der Waals surface area contributed by atoms with Gasteiger partial charge in [-0.25, -0.2) is 0 Å². The van der Waals surface area contributed by atoms with Gasteiger partial charge in [-0.3, -0.25) is 0 Å². The van der Waals surface area contributed by atoms with E-state index in [1.807, 2.05) is 0 Å². The van der Waals surface area contributed by atoms with Gasteiger partial charge < -0.3 is 0 Å². The van der Waals surface area contributed by atoms with Gasteiger partial charge in [0.1, 0.15) is 0 Å². The summed E-state index contributed by atoms with van der Waals surface area (Å²) in [5.41, 5.74) is 13.8. The molecule has 4 rings (SSSR count). The van der Waals surface area contributed by atoms with Crippen LogP contribution in [0.5, 0.6) is 0 Å². The van der Waals surface area contributed by atoms with Crippen molar-refractivity contribution < 1.29 is 0 Å². The number of fused-ring (bicyclic) bond motifs is 1. The average Bonchev–Trinajstić information content (AvgIpc) is 3.03. The van der Waals surface area contributed by atoms with Crippen LogP contribution in [0.1, 0.15) is 33.4 Å². The molecule has 0 aliphatic heterocycles. The number of benzene rings is 3. The van der Waals surface area contributed by atoms with Crippen LogP contribution in [-0.2, 0) is 6.42 Å². The fourth-order valence-electron chi connectivity index (χ4n) is 4.21. The zero-order valence-electron chi connectivity index (χ0n) is 15.5. The summed E-state index contributed by atoms with van der Waals surface area (Å²) in [4.78, 5) is 0. The van der Waals surface area contributed by atoms with Gasteiger partial charge in [0.15, 0.2) is 0 Å². The summed E-state index contributed by atoms with van der Waals surface area (Å²) in [6, 6.07) is 17.8. The summed E-state index contributed by atoms with van der Waals surface area (Å²) in [5.74, 6) is 0. The molecule has 0 saturated carbocycles. The van der Waals surface area contributed by atoms with E-state index in [0.29, 0.717) is 0 Å². The number of hydrogen-bond acceptors (Lipinski definition) is 0. The minimum Gasteiger partial charge on any atom is -0.0795 e. The predicted molar refractivity (Wildman–Crippen MR) is 109 cm³/mol. The van der Waals surface area contributed by atoms with E-state index < -0.39 is 0 Å². The van der Waals surface area contributed by atoms with Crippen LogP contribution in [0, 0.1) is 27.7 Å². The molecule has 0 unspecified atom stereocenters. The van der Waals surface area contributed by atoms with Gasteiger partial charge in [-0.2, -0.15) is 0 Å². The number of allylic oxidation sites excluding steroid dienone is 1. The first kappa shape index (κ1) is 15.9. The van der Waals surface area contributed by atoms with E-state index >= 15 is 0 Å². The van der Waals surface area contributed by atoms with Crippen LogP contribution in [0.3, 0.4) is 0 Å². The highest BCUT2D eigenvalue weighted by Crippen LogP contribution is 2.39. The molecule has 0 heteroatoms. The number of hydrogen-bond donors (Lipinski definition) is 0. The van der Waals surface area contributed by atoms with Gasteiger partial charge in [0.25, 0.3) is 0 Å².